The number of aliphatic hydroxyl groups excluding tert-OH is 1. The van der Waals surface area contributed by atoms with Crippen molar-refractivity contribution < 1.29 is 9.84 Å². The standard InChI is InChI=1S/C20H31BrN4O2/c1-3-22-19(23-12-20(13-26)14-27-15-20)25-10-8-24(9-11-25)16(2)17-4-6-18(21)7-5-17/h4-7,16,26H,3,8-15H2,1-2H3,(H,22,23). The second kappa shape index (κ2) is 9.37. The molecule has 1 aromatic carbocycles. The maximum atomic E-state index is 9.62. The van der Waals surface area contributed by atoms with Gasteiger partial charge in [-0.2, -0.15) is 0 Å². The summed E-state index contributed by atoms with van der Waals surface area (Å²) in [7, 11) is 0. The average Bonchev–Trinajstić information content (AvgIpc) is 2.67. The molecular formula is C20H31BrN4O2. The lowest BCUT2D eigenvalue weighted by molar-refractivity contribution is -0.130. The first-order valence-corrected chi connectivity index (χ1v) is 10.6. The van der Waals surface area contributed by atoms with Gasteiger partial charge in [-0.1, -0.05) is 28.1 Å². The van der Waals surface area contributed by atoms with Gasteiger partial charge in [-0.15, -0.1) is 0 Å². The van der Waals surface area contributed by atoms with Gasteiger partial charge in [0.05, 0.1) is 31.8 Å². The number of benzene rings is 1. The van der Waals surface area contributed by atoms with Crippen LogP contribution in [0.25, 0.3) is 0 Å². The zero-order valence-electron chi connectivity index (χ0n) is 16.3. The molecule has 1 unspecified atom stereocenters. The third-order valence-electron chi connectivity index (χ3n) is 5.56. The molecule has 2 aliphatic rings. The Morgan fingerprint density at radius 1 is 1.26 bits per heavy atom. The molecule has 0 bridgehead atoms. The summed E-state index contributed by atoms with van der Waals surface area (Å²) < 4.78 is 6.40. The molecule has 0 aliphatic carbocycles. The van der Waals surface area contributed by atoms with Crippen LogP contribution >= 0.6 is 15.9 Å². The van der Waals surface area contributed by atoms with Gasteiger partial charge in [-0.3, -0.25) is 9.89 Å². The minimum absolute atomic E-state index is 0.133. The normalized spacial score (nSPS) is 21.6. The molecule has 1 atom stereocenters. The first-order valence-electron chi connectivity index (χ1n) is 9.78. The van der Waals surface area contributed by atoms with Gasteiger partial charge in [0.25, 0.3) is 0 Å². The van der Waals surface area contributed by atoms with E-state index in [1.807, 2.05) is 0 Å². The molecule has 150 valence electrons. The number of piperazine rings is 1. The van der Waals surface area contributed by atoms with E-state index >= 15 is 0 Å². The number of nitrogens with zero attached hydrogens (tertiary/aromatic N) is 3. The van der Waals surface area contributed by atoms with Crippen LogP contribution in [-0.4, -0.2) is 80.0 Å². The quantitative estimate of drug-likeness (QED) is 0.525. The number of nitrogens with one attached hydrogen (secondary N) is 1. The van der Waals surface area contributed by atoms with Crippen LogP contribution in [0.1, 0.15) is 25.5 Å². The van der Waals surface area contributed by atoms with Gasteiger partial charge in [0.15, 0.2) is 5.96 Å². The van der Waals surface area contributed by atoms with Crippen molar-refractivity contribution in [1.82, 2.24) is 15.1 Å². The zero-order valence-corrected chi connectivity index (χ0v) is 17.9. The van der Waals surface area contributed by atoms with Gasteiger partial charge >= 0.3 is 0 Å². The van der Waals surface area contributed by atoms with Gasteiger partial charge in [-0.05, 0) is 31.5 Å². The highest BCUT2D eigenvalue weighted by atomic mass is 79.9. The van der Waals surface area contributed by atoms with E-state index in [0.29, 0.717) is 25.8 Å². The van der Waals surface area contributed by atoms with Crippen molar-refractivity contribution in [1.29, 1.82) is 0 Å². The fraction of sp³-hybridized carbons (Fsp3) is 0.650. The number of hydrogen-bond donors (Lipinski definition) is 2. The second-order valence-electron chi connectivity index (χ2n) is 7.57. The molecule has 7 heteroatoms. The molecule has 2 N–H and O–H groups in total. The first-order chi connectivity index (χ1) is 13.1. The zero-order chi connectivity index (χ0) is 19.3. The van der Waals surface area contributed by atoms with Crippen molar-refractivity contribution >= 4 is 21.9 Å². The number of rotatable bonds is 6. The first kappa shape index (κ1) is 20.6. The largest absolute Gasteiger partial charge is 0.396 e. The lowest BCUT2D eigenvalue weighted by Crippen LogP contribution is -2.54. The van der Waals surface area contributed by atoms with E-state index in [0.717, 1.165) is 43.2 Å². The van der Waals surface area contributed by atoms with Crippen LogP contribution in [0.2, 0.25) is 0 Å². The third kappa shape index (κ3) is 5.02. The van der Waals surface area contributed by atoms with Gasteiger partial charge < -0.3 is 20.1 Å². The van der Waals surface area contributed by atoms with Gasteiger partial charge in [-0.25, -0.2) is 0 Å². The van der Waals surface area contributed by atoms with Crippen molar-refractivity contribution in [3.63, 3.8) is 0 Å². The van der Waals surface area contributed by atoms with Crippen molar-refractivity contribution in [3.8, 4) is 0 Å². The van der Waals surface area contributed by atoms with E-state index < -0.39 is 0 Å². The predicted octanol–water partition coefficient (Wildman–Crippen LogP) is 2.10. The Morgan fingerprint density at radius 3 is 2.44 bits per heavy atom. The summed E-state index contributed by atoms with van der Waals surface area (Å²) in [6.07, 6.45) is 0. The Labute approximate surface area is 170 Å². The lowest BCUT2D eigenvalue weighted by atomic mass is 9.87. The fourth-order valence-corrected chi connectivity index (χ4v) is 3.83. The van der Waals surface area contributed by atoms with Crippen LogP contribution in [0.5, 0.6) is 0 Å². The summed E-state index contributed by atoms with van der Waals surface area (Å²) in [5.41, 5.74) is 1.17. The molecule has 1 aromatic rings. The lowest BCUT2D eigenvalue weighted by Gasteiger charge is -2.41. The van der Waals surface area contributed by atoms with Gasteiger partial charge in [0.1, 0.15) is 0 Å². The number of aliphatic imine (C=N–C) groups is 1. The molecule has 2 aliphatic heterocycles. The molecular weight excluding hydrogens is 408 g/mol. The van der Waals surface area contributed by atoms with E-state index in [2.05, 4.69) is 69.2 Å². The van der Waals surface area contributed by atoms with Crippen molar-refractivity contribution in [2.75, 3.05) is 59.1 Å². The minimum atomic E-state index is -0.182. The Hall–Kier alpha value is -1.15. The Bertz CT molecular complexity index is 620. The van der Waals surface area contributed by atoms with Gasteiger partial charge in [0.2, 0.25) is 0 Å². The van der Waals surface area contributed by atoms with E-state index in [-0.39, 0.29) is 12.0 Å². The molecule has 2 fully saturated rings. The van der Waals surface area contributed by atoms with Gasteiger partial charge in [0, 0.05) is 43.2 Å². The summed E-state index contributed by atoms with van der Waals surface area (Å²) in [6.45, 7) is 11.1. The molecule has 0 spiro atoms. The van der Waals surface area contributed by atoms with Crippen molar-refractivity contribution in [2.24, 2.45) is 10.4 Å². The number of ether oxygens (including phenoxy) is 1. The number of guanidine groups is 1. The number of hydrogen-bond acceptors (Lipinski definition) is 4. The number of halogens is 1. The minimum Gasteiger partial charge on any atom is -0.396 e. The summed E-state index contributed by atoms with van der Waals surface area (Å²) in [6, 6.07) is 9.02. The summed E-state index contributed by atoms with van der Waals surface area (Å²) in [4.78, 5) is 9.67. The van der Waals surface area contributed by atoms with E-state index in [9.17, 15) is 5.11 Å². The van der Waals surface area contributed by atoms with E-state index in [1.54, 1.807) is 0 Å². The molecule has 2 heterocycles. The fourth-order valence-electron chi connectivity index (χ4n) is 3.56. The molecule has 0 amide bonds. The topological polar surface area (TPSA) is 60.3 Å². The smallest absolute Gasteiger partial charge is 0.194 e. The summed E-state index contributed by atoms with van der Waals surface area (Å²) >= 11 is 3.51. The monoisotopic (exact) mass is 438 g/mol. The number of aliphatic hydroxyl groups is 1. The van der Waals surface area contributed by atoms with Crippen molar-refractivity contribution in [2.45, 2.75) is 19.9 Å². The second-order valence-corrected chi connectivity index (χ2v) is 8.49. The highest BCUT2D eigenvalue weighted by molar-refractivity contribution is 9.10. The average molecular weight is 439 g/mol. The van der Waals surface area contributed by atoms with Crippen LogP contribution in [0, 0.1) is 5.41 Å². The Balaban J connectivity index is 1.57. The molecule has 27 heavy (non-hydrogen) atoms. The van der Waals surface area contributed by atoms with E-state index in [1.165, 1.54) is 5.56 Å². The SMILES string of the molecule is CCNC(=NCC1(CO)COC1)N1CCN(C(C)c2ccc(Br)cc2)CC1. The van der Waals surface area contributed by atoms with E-state index in [4.69, 9.17) is 9.73 Å². The molecule has 6 nitrogen and oxygen atoms in total. The molecule has 2 saturated heterocycles. The van der Waals surface area contributed by atoms with Crippen LogP contribution in [0.3, 0.4) is 0 Å². The summed E-state index contributed by atoms with van der Waals surface area (Å²) in [5.74, 6) is 0.952. The molecule has 0 radical (unpaired) electrons. The Morgan fingerprint density at radius 2 is 1.93 bits per heavy atom. The van der Waals surface area contributed by atoms with Crippen molar-refractivity contribution in [3.05, 3.63) is 34.3 Å². The third-order valence-corrected chi connectivity index (χ3v) is 6.09. The summed E-state index contributed by atoms with van der Waals surface area (Å²) in [5, 5.41) is 13.0. The maximum Gasteiger partial charge on any atom is 0.194 e. The Kier molecular flexibility index (Phi) is 7.14. The highest BCUT2D eigenvalue weighted by Gasteiger charge is 2.38. The molecule has 0 saturated carbocycles. The molecule has 0 aromatic heterocycles. The van der Waals surface area contributed by atoms with Crippen LogP contribution in [0.15, 0.2) is 33.7 Å². The van der Waals surface area contributed by atoms with Crippen LogP contribution < -0.4 is 5.32 Å². The van der Waals surface area contributed by atoms with Crippen LogP contribution in [-0.2, 0) is 4.74 Å². The highest BCUT2D eigenvalue weighted by Crippen LogP contribution is 2.27. The van der Waals surface area contributed by atoms with Crippen LogP contribution in [0.4, 0.5) is 0 Å². The molecule has 3 rings (SSSR count). The maximum absolute atomic E-state index is 9.62. The predicted molar refractivity (Wildman–Crippen MR) is 112 cm³/mol.